The van der Waals surface area contributed by atoms with Crippen molar-refractivity contribution in [3.05, 3.63) is 39.8 Å². The van der Waals surface area contributed by atoms with Crippen LogP contribution in [0.2, 0.25) is 5.02 Å². The number of benzene rings is 1. The zero-order valence-corrected chi connectivity index (χ0v) is 13.5. The lowest BCUT2D eigenvalue weighted by Gasteiger charge is -2.21. The highest BCUT2D eigenvalue weighted by Crippen LogP contribution is 2.34. The summed E-state index contributed by atoms with van der Waals surface area (Å²) in [5.74, 6) is -1.43. The molecule has 0 aromatic heterocycles. The zero-order valence-electron chi connectivity index (χ0n) is 11.1. The third-order valence-electron chi connectivity index (χ3n) is 2.95. The summed E-state index contributed by atoms with van der Waals surface area (Å²) in [5, 5.41) is 9.75. The highest BCUT2D eigenvalue weighted by atomic mass is 35.5. The highest BCUT2D eigenvalue weighted by molar-refractivity contribution is 8.26. The Morgan fingerprint density at radius 2 is 2.29 bits per heavy atom. The van der Waals surface area contributed by atoms with E-state index in [1.54, 1.807) is 31.2 Å². The Kier molecular flexibility index (Phi) is 5.03. The van der Waals surface area contributed by atoms with E-state index in [4.69, 9.17) is 23.8 Å². The van der Waals surface area contributed by atoms with Crippen LogP contribution >= 0.6 is 35.6 Å². The van der Waals surface area contributed by atoms with Crippen molar-refractivity contribution >= 4 is 57.9 Å². The van der Waals surface area contributed by atoms with Crippen LogP contribution in [0.1, 0.15) is 18.9 Å². The predicted octanol–water partition coefficient (Wildman–Crippen LogP) is 3.40. The minimum atomic E-state index is -1.06. The van der Waals surface area contributed by atoms with Crippen molar-refractivity contribution in [2.75, 3.05) is 0 Å². The number of carbonyl (C=O) groups is 2. The van der Waals surface area contributed by atoms with Gasteiger partial charge in [0.25, 0.3) is 5.91 Å². The van der Waals surface area contributed by atoms with Gasteiger partial charge in [0.1, 0.15) is 10.4 Å². The summed E-state index contributed by atoms with van der Waals surface area (Å²) >= 11 is 12.1. The van der Waals surface area contributed by atoms with Gasteiger partial charge in [0.2, 0.25) is 0 Å². The number of aliphatic carboxylic acids is 1. The largest absolute Gasteiger partial charge is 0.480 e. The first kappa shape index (κ1) is 16.0. The first-order valence-corrected chi connectivity index (χ1v) is 7.79. The second-order valence-electron chi connectivity index (χ2n) is 4.37. The normalized spacial score (nSPS) is 18.4. The molecule has 1 amide bonds. The van der Waals surface area contributed by atoms with Gasteiger partial charge in [-0.1, -0.05) is 54.6 Å². The monoisotopic (exact) mass is 341 g/mol. The minimum absolute atomic E-state index is 0.266. The van der Waals surface area contributed by atoms with Gasteiger partial charge in [-0.15, -0.1) is 0 Å². The van der Waals surface area contributed by atoms with Crippen LogP contribution in [-0.2, 0) is 9.59 Å². The maximum absolute atomic E-state index is 12.4. The van der Waals surface area contributed by atoms with E-state index in [2.05, 4.69) is 0 Å². The van der Waals surface area contributed by atoms with E-state index in [-0.39, 0.29) is 10.2 Å². The average Bonchev–Trinajstić information content (AvgIpc) is 2.67. The Morgan fingerprint density at radius 3 is 2.86 bits per heavy atom. The molecular weight excluding hydrogens is 330 g/mol. The van der Waals surface area contributed by atoms with Crippen LogP contribution < -0.4 is 0 Å². The molecule has 0 aliphatic carbocycles. The zero-order chi connectivity index (χ0) is 15.6. The molecular formula is C14H12ClNO3S2. The number of carbonyl (C=O) groups excluding carboxylic acids is 1. The first-order valence-electron chi connectivity index (χ1n) is 6.19. The van der Waals surface area contributed by atoms with Gasteiger partial charge in [-0.05, 0) is 30.2 Å². The molecule has 4 nitrogen and oxygen atoms in total. The molecule has 1 aliphatic heterocycles. The van der Waals surface area contributed by atoms with E-state index in [0.29, 0.717) is 16.3 Å². The Balaban J connectivity index is 2.31. The van der Waals surface area contributed by atoms with Crippen molar-refractivity contribution in [1.29, 1.82) is 0 Å². The molecule has 1 saturated heterocycles. The average molecular weight is 342 g/mol. The number of thiocarbonyl (C=S) groups is 1. The Morgan fingerprint density at radius 1 is 1.57 bits per heavy atom. The van der Waals surface area contributed by atoms with Crippen LogP contribution in [0.25, 0.3) is 6.08 Å². The van der Waals surface area contributed by atoms with Crippen LogP contribution in [0, 0.1) is 0 Å². The summed E-state index contributed by atoms with van der Waals surface area (Å²) in [6.07, 6.45) is 1.96. The highest BCUT2D eigenvalue weighted by Gasteiger charge is 2.39. The second kappa shape index (κ2) is 6.60. The Hall–Kier alpha value is -1.37. The molecule has 7 heteroatoms. The van der Waals surface area contributed by atoms with Gasteiger partial charge in [0, 0.05) is 5.02 Å². The second-order valence-corrected chi connectivity index (χ2v) is 6.48. The fourth-order valence-corrected chi connectivity index (χ4v) is 3.52. The fraction of sp³-hybridized carbons (Fsp3) is 0.214. The molecule has 1 N–H and O–H groups in total. The molecule has 2 rings (SSSR count). The summed E-state index contributed by atoms with van der Waals surface area (Å²) in [7, 11) is 0. The third-order valence-corrected chi connectivity index (χ3v) is 4.52. The maximum Gasteiger partial charge on any atom is 0.326 e. The lowest BCUT2D eigenvalue weighted by atomic mass is 10.2. The summed E-state index contributed by atoms with van der Waals surface area (Å²) in [4.78, 5) is 25.2. The van der Waals surface area contributed by atoms with E-state index in [1.807, 2.05) is 6.07 Å². The number of carboxylic acid groups (broad SMARTS) is 1. The molecule has 0 radical (unpaired) electrons. The van der Waals surface area contributed by atoms with Gasteiger partial charge in [0.15, 0.2) is 0 Å². The van der Waals surface area contributed by atoms with Crippen molar-refractivity contribution in [3.63, 3.8) is 0 Å². The molecule has 0 saturated carbocycles. The number of rotatable bonds is 4. The van der Waals surface area contributed by atoms with Gasteiger partial charge in [-0.25, -0.2) is 4.79 Å². The molecule has 1 fully saturated rings. The summed E-state index contributed by atoms with van der Waals surface area (Å²) < 4.78 is 0.266. The van der Waals surface area contributed by atoms with Crippen LogP contribution in [0.3, 0.4) is 0 Å². The summed E-state index contributed by atoms with van der Waals surface area (Å²) in [6.45, 7) is 1.71. The van der Waals surface area contributed by atoms with Crippen molar-refractivity contribution in [2.24, 2.45) is 0 Å². The van der Waals surface area contributed by atoms with Crippen LogP contribution in [0.5, 0.6) is 0 Å². The van der Waals surface area contributed by atoms with Gasteiger partial charge < -0.3 is 5.11 Å². The van der Waals surface area contributed by atoms with Gasteiger partial charge in [-0.2, -0.15) is 0 Å². The standard InChI is InChI=1S/C14H12ClNO3S2/c1-2-10(13(18)19)16-12(17)11(21-14(16)20)7-8-4-3-5-9(15)6-8/h3-7,10H,2H2,1H3,(H,18,19)/b11-7-. The predicted molar refractivity (Wildman–Crippen MR) is 88.2 cm³/mol. The van der Waals surface area contributed by atoms with E-state index in [0.717, 1.165) is 17.3 Å². The molecule has 1 aromatic rings. The molecule has 1 heterocycles. The number of hydrogen-bond acceptors (Lipinski definition) is 4. The molecule has 1 aromatic carbocycles. The fourth-order valence-electron chi connectivity index (χ4n) is 1.96. The number of nitrogens with zero attached hydrogens (tertiary/aromatic N) is 1. The topological polar surface area (TPSA) is 57.6 Å². The SMILES string of the molecule is CCC(C(=O)O)N1C(=O)/C(=C/c2cccc(Cl)c2)SC1=S. The molecule has 21 heavy (non-hydrogen) atoms. The van der Waals surface area contributed by atoms with Crippen molar-refractivity contribution in [2.45, 2.75) is 19.4 Å². The van der Waals surface area contributed by atoms with E-state index >= 15 is 0 Å². The van der Waals surface area contributed by atoms with Crippen molar-refractivity contribution in [3.8, 4) is 0 Å². The molecule has 0 bridgehead atoms. The number of thioether (sulfide) groups is 1. The lowest BCUT2D eigenvalue weighted by molar-refractivity contribution is -0.145. The van der Waals surface area contributed by atoms with E-state index < -0.39 is 12.0 Å². The number of halogens is 1. The molecule has 1 unspecified atom stereocenters. The van der Waals surface area contributed by atoms with E-state index in [1.165, 1.54) is 4.90 Å². The lowest BCUT2D eigenvalue weighted by Crippen LogP contribution is -2.43. The summed E-state index contributed by atoms with van der Waals surface area (Å²) in [6, 6.07) is 6.13. The number of amides is 1. The third kappa shape index (κ3) is 3.45. The van der Waals surface area contributed by atoms with Gasteiger partial charge >= 0.3 is 5.97 Å². The maximum atomic E-state index is 12.4. The minimum Gasteiger partial charge on any atom is -0.480 e. The Bertz CT molecular complexity index is 645. The quantitative estimate of drug-likeness (QED) is 0.672. The Labute approximate surface area is 136 Å². The molecule has 1 aliphatic rings. The van der Waals surface area contributed by atoms with Crippen LogP contribution in [-0.4, -0.2) is 32.2 Å². The molecule has 0 spiro atoms. The first-order chi connectivity index (χ1) is 9.93. The van der Waals surface area contributed by atoms with Crippen molar-refractivity contribution < 1.29 is 14.7 Å². The summed E-state index contributed by atoms with van der Waals surface area (Å²) in [5.41, 5.74) is 0.770. The smallest absolute Gasteiger partial charge is 0.326 e. The number of hydrogen-bond donors (Lipinski definition) is 1. The van der Waals surface area contributed by atoms with Gasteiger partial charge in [-0.3, -0.25) is 9.69 Å². The molecule has 1 atom stereocenters. The van der Waals surface area contributed by atoms with Crippen LogP contribution in [0.15, 0.2) is 29.2 Å². The van der Waals surface area contributed by atoms with E-state index in [9.17, 15) is 14.7 Å². The van der Waals surface area contributed by atoms with Crippen LogP contribution in [0.4, 0.5) is 0 Å². The number of carboxylic acids is 1. The van der Waals surface area contributed by atoms with Crippen molar-refractivity contribution in [1.82, 2.24) is 4.90 Å². The van der Waals surface area contributed by atoms with Gasteiger partial charge in [0.05, 0.1) is 4.91 Å². The molecule has 110 valence electrons.